The molecule has 1 aromatic carbocycles. The predicted molar refractivity (Wildman–Crippen MR) is 108 cm³/mol. The first-order valence-corrected chi connectivity index (χ1v) is 11.0. The first-order chi connectivity index (χ1) is 13.9. The van der Waals surface area contributed by atoms with Crippen molar-refractivity contribution >= 4 is 35.1 Å². The van der Waals surface area contributed by atoms with Gasteiger partial charge in [0.15, 0.2) is 11.5 Å². The molecule has 1 N–H and O–H groups in total. The summed E-state index contributed by atoms with van der Waals surface area (Å²) in [5.74, 6) is 2.19. The minimum absolute atomic E-state index is 0.0304. The first-order valence-electron chi connectivity index (χ1n) is 8.94. The number of nitrogens with zero attached hydrogens (tertiary/aromatic N) is 3. The summed E-state index contributed by atoms with van der Waals surface area (Å²) in [5.41, 5.74) is 1.16. The molecular weight excluding hydrogens is 421 g/mol. The van der Waals surface area contributed by atoms with Gasteiger partial charge in [-0.3, -0.25) is 9.20 Å². The molecule has 5 nitrogen and oxygen atoms in total. The highest BCUT2D eigenvalue weighted by molar-refractivity contribution is 8.16. The molecule has 0 bridgehead atoms. The van der Waals surface area contributed by atoms with E-state index in [9.17, 15) is 18.0 Å². The second-order valence-electron chi connectivity index (χ2n) is 6.49. The van der Waals surface area contributed by atoms with Gasteiger partial charge >= 0.3 is 6.18 Å². The molecule has 3 heterocycles. The van der Waals surface area contributed by atoms with E-state index in [1.807, 2.05) is 35.7 Å². The average Bonchev–Trinajstić information content (AvgIpc) is 3.14. The summed E-state index contributed by atoms with van der Waals surface area (Å²) in [6.45, 7) is -0.0304. The number of amides is 1. The summed E-state index contributed by atoms with van der Waals surface area (Å²) in [5, 5.41) is 10.4. The molecule has 1 aliphatic rings. The lowest BCUT2D eigenvalue weighted by molar-refractivity contribution is -0.137. The topological polar surface area (TPSA) is 59.3 Å². The Balaban J connectivity index is 1.44. The lowest BCUT2D eigenvalue weighted by atomic mass is 10.1. The summed E-state index contributed by atoms with van der Waals surface area (Å²) in [6, 6.07) is 9.64. The molecule has 10 heteroatoms. The molecule has 152 valence electrons. The van der Waals surface area contributed by atoms with Crippen LogP contribution in [-0.2, 0) is 12.7 Å². The van der Waals surface area contributed by atoms with Crippen molar-refractivity contribution in [3.05, 3.63) is 65.1 Å². The van der Waals surface area contributed by atoms with Crippen LogP contribution in [0.15, 0.2) is 42.6 Å². The first kappa shape index (κ1) is 20.1. The van der Waals surface area contributed by atoms with Crippen molar-refractivity contribution in [2.24, 2.45) is 0 Å². The normalized spacial score (nSPS) is 15.6. The van der Waals surface area contributed by atoms with E-state index in [4.69, 9.17) is 0 Å². The summed E-state index contributed by atoms with van der Waals surface area (Å²) in [4.78, 5) is 12.4. The Bertz CT molecular complexity index is 1010. The number of nitrogens with one attached hydrogen (secondary N) is 1. The maximum absolute atomic E-state index is 12.9. The van der Waals surface area contributed by atoms with Gasteiger partial charge in [-0.25, -0.2) is 0 Å². The minimum atomic E-state index is -4.46. The zero-order chi connectivity index (χ0) is 20.4. The Morgan fingerprint density at radius 3 is 2.52 bits per heavy atom. The number of hydrogen-bond donors (Lipinski definition) is 1. The van der Waals surface area contributed by atoms with Crippen molar-refractivity contribution in [3.8, 4) is 0 Å². The molecular formula is C19H17F3N4OS2. The Morgan fingerprint density at radius 2 is 1.83 bits per heavy atom. The smallest absolute Gasteiger partial charge is 0.345 e. The minimum Gasteiger partial charge on any atom is -0.345 e. The van der Waals surface area contributed by atoms with Crippen molar-refractivity contribution in [3.63, 3.8) is 0 Å². The van der Waals surface area contributed by atoms with Crippen LogP contribution in [0.25, 0.3) is 5.65 Å². The third kappa shape index (κ3) is 4.53. The van der Waals surface area contributed by atoms with E-state index in [0.29, 0.717) is 10.1 Å². The number of alkyl halides is 3. The van der Waals surface area contributed by atoms with E-state index in [1.54, 1.807) is 12.1 Å². The van der Waals surface area contributed by atoms with Crippen LogP contribution >= 0.6 is 23.5 Å². The van der Waals surface area contributed by atoms with Crippen molar-refractivity contribution in [1.29, 1.82) is 0 Å². The van der Waals surface area contributed by atoms with Crippen molar-refractivity contribution in [2.75, 3.05) is 11.5 Å². The molecule has 1 aliphatic heterocycles. The summed E-state index contributed by atoms with van der Waals surface area (Å²) in [7, 11) is 0. The molecule has 0 aliphatic carbocycles. The van der Waals surface area contributed by atoms with Gasteiger partial charge < -0.3 is 5.32 Å². The fraction of sp³-hybridized carbons (Fsp3) is 0.316. The Kier molecular flexibility index (Phi) is 5.73. The average molecular weight is 439 g/mol. The van der Waals surface area contributed by atoms with Gasteiger partial charge in [0.2, 0.25) is 0 Å². The van der Waals surface area contributed by atoms with Crippen LogP contribution in [-0.4, -0.2) is 32.0 Å². The molecule has 4 rings (SSSR count). The number of thioether (sulfide) groups is 2. The van der Waals surface area contributed by atoms with E-state index in [2.05, 4.69) is 15.5 Å². The Morgan fingerprint density at radius 1 is 1.10 bits per heavy atom. The van der Waals surface area contributed by atoms with Crippen LogP contribution in [0.3, 0.4) is 0 Å². The molecule has 0 atom stereocenters. The highest BCUT2D eigenvalue weighted by Crippen LogP contribution is 2.43. The molecule has 1 fully saturated rings. The Hall–Kier alpha value is -2.20. The number of fused-ring (bicyclic) bond motifs is 1. The maximum Gasteiger partial charge on any atom is 0.417 e. The van der Waals surface area contributed by atoms with E-state index in [1.165, 1.54) is 22.5 Å². The molecule has 0 radical (unpaired) electrons. The van der Waals surface area contributed by atoms with Crippen LogP contribution in [0.1, 0.15) is 38.3 Å². The molecule has 1 amide bonds. The summed E-state index contributed by atoms with van der Waals surface area (Å²) in [6.07, 6.45) is -2.31. The second-order valence-corrected chi connectivity index (χ2v) is 9.22. The highest BCUT2D eigenvalue weighted by Gasteiger charge is 2.31. The van der Waals surface area contributed by atoms with E-state index in [-0.39, 0.29) is 23.9 Å². The fourth-order valence-corrected chi connectivity index (χ4v) is 5.85. The number of aromatic nitrogens is 3. The number of rotatable bonds is 4. The Labute approximate surface area is 173 Å². The fourth-order valence-electron chi connectivity index (χ4n) is 2.96. The number of pyridine rings is 1. The third-order valence-corrected chi connectivity index (χ3v) is 7.49. The predicted octanol–water partition coefficient (Wildman–Crippen LogP) is 4.55. The molecule has 0 unspecified atom stereocenters. The second kappa shape index (κ2) is 8.27. The SMILES string of the molecule is O=C(NCc1nnc2ccc(C(F)(F)F)cn12)c1ccc(C2SCCCS2)cc1. The number of carbonyl (C=O) groups excluding carboxylic acids is 1. The molecule has 0 saturated carbocycles. The number of halogens is 3. The lowest BCUT2D eigenvalue weighted by Crippen LogP contribution is -2.24. The quantitative estimate of drug-likeness (QED) is 0.648. The number of hydrogen-bond acceptors (Lipinski definition) is 5. The largest absolute Gasteiger partial charge is 0.417 e. The van der Waals surface area contributed by atoms with E-state index in [0.717, 1.165) is 23.8 Å². The van der Waals surface area contributed by atoms with Crippen LogP contribution in [0.5, 0.6) is 0 Å². The number of benzene rings is 1. The van der Waals surface area contributed by atoms with Gasteiger partial charge in [0.25, 0.3) is 5.91 Å². The van der Waals surface area contributed by atoms with E-state index >= 15 is 0 Å². The maximum atomic E-state index is 12.9. The molecule has 29 heavy (non-hydrogen) atoms. The third-order valence-electron chi connectivity index (χ3n) is 4.48. The van der Waals surface area contributed by atoms with Crippen LogP contribution in [0.4, 0.5) is 13.2 Å². The standard InChI is InChI=1S/C19H17F3N4OS2/c20-19(21,22)14-6-7-15-24-25-16(26(15)11-14)10-23-17(27)12-2-4-13(5-3-12)18-28-8-1-9-29-18/h2-7,11,18H,1,8-10H2,(H,23,27). The molecule has 1 saturated heterocycles. The van der Waals surface area contributed by atoms with E-state index < -0.39 is 11.7 Å². The van der Waals surface area contributed by atoms with Gasteiger partial charge in [-0.2, -0.15) is 13.2 Å². The van der Waals surface area contributed by atoms with Crippen molar-refractivity contribution < 1.29 is 18.0 Å². The molecule has 0 spiro atoms. The number of carbonyl (C=O) groups is 1. The van der Waals surface area contributed by atoms with Gasteiger partial charge in [0, 0.05) is 11.8 Å². The van der Waals surface area contributed by atoms with Gasteiger partial charge in [-0.15, -0.1) is 33.7 Å². The van der Waals surface area contributed by atoms with Gasteiger partial charge in [-0.1, -0.05) is 12.1 Å². The van der Waals surface area contributed by atoms with Crippen molar-refractivity contribution in [2.45, 2.75) is 23.7 Å². The zero-order valence-corrected chi connectivity index (χ0v) is 16.8. The van der Waals surface area contributed by atoms with Crippen LogP contribution in [0.2, 0.25) is 0 Å². The highest BCUT2D eigenvalue weighted by atomic mass is 32.2. The molecule has 3 aromatic rings. The van der Waals surface area contributed by atoms with Crippen LogP contribution < -0.4 is 5.32 Å². The summed E-state index contributed by atoms with van der Waals surface area (Å²) >= 11 is 3.81. The summed E-state index contributed by atoms with van der Waals surface area (Å²) < 4.78 is 40.4. The monoisotopic (exact) mass is 438 g/mol. The lowest BCUT2D eigenvalue weighted by Gasteiger charge is -2.21. The van der Waals surface area contributed by atoms with Gasteiger partial charge in [-0.05, 0) is 47.8 Å². The van der Waals surface area contributed by atoms with Crippen LogP contribution in [0, 0.1) is 0 Å². The van der Waals surface area contributed by atoms with Gasteiger partial charge in [0.1, 0.15) is 0 Å². The van der Waals surface area contributed by atoms with Crippen molar-refractivity contribution in [1.82, 2.24) is 19.9 Å². The van der Waals surface area contributed by atoms with Gasteiger partial charge in [0.05, 0.1) is 16.7 Å². The molecule has 2 aromatic heterocycles. The zero-order valence-electron chi connectivity index (χ0n) is 15.1.